The van der Waals surface area contributed by atoms with Gasteiger partial charge in [-0.05, 0) is 34.0 Å². The van der Waals surface area contributed by atoms with Crippen molar-refractivity contribution in [1.29, 1.82) is 0 Å². The molecule has 0 bridgehead atoms. The van der Waals surface area contributed by atoms with E-state index in [-0.39, 0.29) is 12.3 Å². The predicted octanol–water partition coefficient (Wildman–Crippen LogP) is 2.46. The van der Waals surface area contributed by atoms with E-state index in [4.69, 9.17) is 12.2 Å². The summed E-state index contributed by atoms with van der Waals surface area (Å²) in [6.45, 7) is 5.53. The molecule has 12 nitrogen and oxygen atoms in total. The van der Waals surface area contributed by atoms with Gasteiger partial charge in [-0.1, -0.05) is 103 Å². The van der Waals surface area contributed by atoms with Gasteiger partial charge in [0.2, 0.25) is 5.91 Å². The van der Waals surface area contributed by atoms with Crippen LogP contribution in [0.15, 0.2) is 91.0 Å². The molecule has 4 N–H and O–H groups in total. The van der Waals surface area contributed by atoms with E-state index < -0.39 is 33.6 Å². The lowest BCUT2D eigenvalue weighted by atomic mass is 9.85. The Balaban J connectivity index is 0.000000214. The zero-order valence-electron chi connectivity index (χ0n) is 26.7. The lowest BCUT2D eigenvalue weighted by Crippen LogP contribution is -2.80. The van der Waals surface area contributed by atoms with Crippen LogP contribution in [0.1, 0.15) is 29.4 Å². The zero-order valence-corrected chi connectivity index (χ0v) is 28.3. The van der Waals surface area contributed by atoms with Crippen molar-refractivity contribution >= 4 is 47.1 Å². The van der Waals surface area contributed by atoms with Crippen LogP contribution < -0.4 is 16.0 Å². The minimum Gasteiger partial charge on any atom is -0.480 e. The van der Waals surface area contributed by atoms with Gasteiger partial charge in [-0.2, -0.15) is 0 Å². The minimum absolute atomic E-state index is 0.0727. The summed E-state index contributed by atoms with van der Waals surface area (Å²) >= 11 is 6.34. The van der Waals surface area contributed by atoms with Gasteiger partial charge in [0.05, 0.1) is 6.42 Å². The van der Waals surface area contributed by atoms with Crippen molar-refractivity contribution in [3.8, 4) is 0 Å². The van der Waals surface area contributed by atoms with E-state index in [0.29, 0.717) is 5.82 Å². The second kappa shape index (κ2) is 15.6. The summed E-state index contributed by atoms with van der Waals surface area (Å²) in [6, 6.07) is 28.8. The van der Waals surface area contributed by atoms with Gasteiger partial charge in [-0.15, -0.1) is 16.9 Å². The third kappa shape index (κ3) is 7.46. The van der Waals surface area contributed by atoms with Gasteiger partial charge >= 0.3 is 5.97 Å². The van der Waals surface area contributed by atoms with Crippen LogP contribution in [0.4, 0.5) is 0 Å². The summed E-state index contributed by atoms with van der Waals surface area (Å²) in [5.74, 6) is -1.80. The number of hydrogen-bond donors (Lipinski definition) is 4. The second-order valence-corrected chi connectivity index (χ2v) is 13.4. The van der Waals surface area contributed by atoms with Gasteiger partial charge < -0.3 is 26.0 Å². The molecule has 0 spiro atoms. The molecule has 250 valence electrons. The van der Waals surface area contributed by atoms with Gasteiger partial charge in [-0.3, -0.25) is 9.59 Å². The van der Waals surface area contributed by atoms with Crippen LogP contribution in [-0.2, 0) is 45.7 Å². The molecule has 2 saturated heterocycles. The number of nitrogens with zero attached hydrogens (tertiary/aromatic N) is 5. The first kappa shape index (κ1) is 34.8. The number of tetrazole rings is 1. The molecule has 3 unspecified atom stereocenters. The fourth-order valence-corrected chi connectivity index (χ4v) is 8.07. The van der Waals surface area contributed by atoms with Crippen LogP contribution in [0.5, 0.6) is 0 Å². The van der Waals surface area contributed by atoms with Crippen molar-refractivity contribution in [2.45, 2.75) is 48.1 Å². The number of amides is 2. The number of aliphatic carboxylic acids is 1. The maximum atomic E-state index is 13.1. The summed E-state index contributed by atoms with van der Waals surface area (Å²) in [5.41, 5.74) is 1.99. The number of nitrogens with one attached hydrogen (secondary N) is 3. The Morgan fingerprint density at radius 3 is 1.90 bits per heavy atom. The molecule has 2 amide bonds. The highest BCUT2D eigenvalue weighted by molar-refractivity contribution is 8.01. The third-order valence-corrected chi connectivity index (χ3v) is 10.3. The number of fused-ring (bicyclic) bond motifs is 1. The summed E-state index contributed by atoms with van der Waals surface area (Å²) < 4.78 is 0.251. The van der Waals surface area contributed by atoms with E-state index in [9.17, 15) is 19.5 Å². The molecular weight excluding hydrogens is 649 g/mol. The Labute approximate surface area is 288 Å². The molecule has 0 radical (unpaired) electrons. The van der Waals surface area contributed by atoms with E-state index in [0.717, 1.165) is 31.7 Å². The summed E-state index contributed by atoms with van der Waals surface area (Å²) in [7, 11) is 1.60. The number of aromatic nitrogens is 4. The number of carboxylic acid groups (broad SMARTS) is 1. The molecule has 6 rings (SSSR count). The first-order valence-electron chi connectivity index (χ1n) is 15.5. The van der Waals surface area contributed by atoms with Gasteiger partial charge in [0.1, 0.15) is 10.1 Å². The van der Waals surface area contributed by atoms with Gasteiger partial charge in [0.25, 0.3) is 5.91 Å². The Bertz CT molecular complexity index is 1670. The number of β-lactam (4-membered cyclic amide) rings is 1. The fraction of sp³-hybridized carbons (Fsp3) is 0.324. The predicted molar refractivity (Wildman–Crippen MR) is 187 cm³/mol. The Hall–Kier alpha value is -4.50. The quantitative estimate of drug-likeness (QED) is 0.0932. The van der Waals surface area contributed by atoms with Crippen LogP contribution in [-0.4, -0.2) is 83.4 Å². The second-order valence-electron chi connectivity index (χ2n) is 11.7. The topological polar surface area (TPSA) is 154 Å². The summed E-state index contributed by atoms with van der Waals surface area (Å²) in [6.07, 6.45) is 0.0727. The molecule has 3 heterocycles. The van der Waals surface area contributed by atoms with Crippen molar-refractivity contribution in [2.75, 3.05) is 13.1 Å². The number of aryl methyl sites for hydroxylation is 1. The van der Waals surface area contributed by atoms with E-state index in [1.807, 2.05) is 42.5 Å². The average molecular weight is 687 g/mol. The van der Waals surface area contributed by atoms with Crippen LogP contribution >= 0.6 is 24.0 Å². The first-order chi connectivity index (χ1) is 23.2. The molecule has 0 aliphatic carbocycles. The molecule has 2 aliphatic rings. The Morgan fingerprint density at radius 1 is 0.917 bits per heavy atom. The highest BCUT2D eigenvalue weighted by Crippen LogP contribution is 2.58. The monoisotopic (exact) mass is 686 g/mol. The highest BCUT2D eigenvalue weighted by atomic mass is 32.2. The Morgan fingerprint density at radius 2 is 1.44 bits per heavy atom. The van der Waals surface area contributed by atoms with Crippen molar-refractivity contribution in [3.05, 3.63) is 114 Å². The first-order valence-corrected chi connectivity index (χ1v) is 16.8. The molecule has 3 aromatic carbocycles. The Kier molecular flexibility index (Phi) is 11.3. The van der Waals surface area contributed by atoms with E-state index in [2.05, 4.69) is 80.0 Å². The van der Waals surface area contributed by atoms with Crippen molar-refractivity contribution in [2.24, 2.45) is 7.05 Å². The van der Waals surface area contributed by atoms with Gasteiger partial charge in [-0.25, -0.2) is 9.48 Å². The van der Waals surface area contributed by atoms with E-state index >= 15 is 0 Å². The van der Waals surface area contributed by atoms with Crippen LogP contribution in [0.25, 0.3) is 0 Å². The number of thiocarbonyl (C=S) groups is 1. The maximum Gasteiger partial charge on any atom is 0.328 e. The number of carbonyl (C=O) groups excluding carboxylic acids is 2. The zero-order chi connectivity index (χ0) is 34.1. The molecule has 1 aromatic heterocycles. The average Bonchev–Trinajstić information content (AvgIpc) is 3.67. The van der Waals surface area contributed by atoms with Crippen molar-refractivity contribution in [3.63, 3.8) is 0 Å². The van der Waals surface area contributed by atoms with Gasteiger partial charge in [0.15, 0.2) is 17.4 Å². The smallest absolute Gasteiger partial charge is 0.328 e. The van der Waals surface area contributed by atoms with Crippen molar-refractivity contribution in [1.82, 2.24) is 41.1 Å². The molecule has 2 fully saturated rings. The maximum absolute atomic E-state index is 13.1. The number of benzene rings is 3. The third-order valence-electron chi connectivity index (χ3n) is 8.25. The fourth-order valence-electron chi connectivity index (χ4n) is 5.87. The van der Waals surface area contributed by atoms with Crippen LogP contribution in [0, 0.1) is 0 Å². The molecule has 4 atom stereocenters. The molecular formula is C34H38N8O4S2. The lowest BCUT2D eigenvalue weighted by molar-refractivity contribution is -0.164. The highest BCUT2D eigenvalue weighted by Gasteiger charge is 2.73. The standard InChI is InChI=1S/C18H18N6O4S2.C16H20N2/c1-17(14-20-21-22-23(14)2)12(13(26)27)24-15(28)18(9-29,16(24)30-17)19-11(25)8-10-6-4-3-5-7-10;1-3-7-15(8-4-1)13-17-11-12-18-14-16-9-5-2-6-10-16/h3-7,9,12,16H,8H2,1-2H3,(H,19,25)(H,26,27);1-10,17-18H,11-14H2/t12?,16-,17?,18?;/m0./s1. The number of thioether (sulfide) groups is 1. The largest absolute Gasteiger partial charge is 0.480 e. The lowest BCUT2D eigenvalue weighted by Gasteiger charge is -2.51. The molecule has 2 aliphatic heterocycles. The van der Waals surface area contributed by atoms with E-state index in [1.54, 1.807) is 14.0 Å². The van der Waals surface area contributed by atoms with Crippen LogP contribution in [0.2, 0.25) is 0 Å². The number of hydrogen-bond acceptors (Lipinski definition) is 10. The molecule has 4 aromatic rings. The number of carboxylic acids is 1. The number of carbonyl (C=O) groups is 3. The SMILES string of the molecule is Cn1nnnc1C1(C)S[C@@H]2N(C(=O)C2(C=S)NC(=O)Cc2ccccc2)C1C(=O)O.c1ccc(CNCCNCc2ccccc2)cc1. The van der Waals surface area contributed by atoms with E-state index in [1.165, 1.54) is 37.8 Å². The van der Waals surface area contributed by atoms with Crippen LogP contribution in [0.3, 0.4) is 0 Å². The number of rotatable bonds is 13. The molecule has 0 saturated carbocycles. The summed E-state index contributed by atoms with van der Waals surface area (Å²) in [5, 5.41) is 31.4. The summed E-state index contributed by atoms with van der Waals surface area (Å²) in [4.78, 5) is 39.1. The molecule has 14 heteroatoms. The van der Waals surface area contributed by atoms with Crippen molar-refractivity contribution < 1.29 is 19.5 Å². The normalized spacial score (nSPS) is 22.5. The minimum atomic E-state index is -1.47. The van der Waals surface area contributed by atoms with Gasteiger partial charge in [0, 0.05) is 38.6 Å². The molecule has 48 heavy (non-hydrogen) atoms.